The Hall–Kier alpha value is -1.79. The van der Waals surface area contributed by atoms with Crippen LogP contribution in [0.4, 0.5) is 4.79 Å². The van der Waals surface area contributed by atoms with Gasteiger partial charge in [0, 0.05) is 13.1 Å². The molecule has 7 heteroatoms. The highest BCUT2D eigenvalue weighted by Crippen LogP contribution is 2.17. The number of urea groups is 1. The summed E-state index contributed by atoms with van der Waals surface area (Å²) < 4.78 is 4.64. The van der Waals surface area contributed by atoms with Gasteiger partial charge in [-0.25, -0.2) is 9.59 Å². The van der Waals surface area contributed by atoms with Crippen LogP contribution in [0.1, 0.15) is 32.6 Å². The van der Waals surface area contributed by atoms with Crippen LogP contribution >= 0.6 is 0 Å². The summed E-state index contributed by atoms with van der Waals surface area (Å²) >= 11 is 0. The molecule has 2 unspecified atom stereocenters. The van der Waals surface area contributed by atoms with Crippen molar-refractivity contribution in [3.63, 3.8) is 0 Å². The first kappa shape index (κ1) is 16.3. The molecule has 7 nitrogen and oxygen atoms in total. The number of carboxylic acids is 1. The Morgan fingerprint density at radius 2 is 2.15 bits per heavy atom. The minimum atomic E-state index is -1.03. The first-order valence-corrected chi connectivity index (χ1v) is 6.85. The first-order chi connectivity index (χ1) is 9.49. The Morgan fingerprint density at radius 1 is 1.45 bits per heavy atom. The number of carbonyl (C=O) groups is 3. The van der Waals surface area contributed by atoms with Crippen molar-refractivity contribution in [2.24, 2.45) is 5.92 Å². The van der Waals surface area contributed by atoms with Crippen LogP contribution in [0.25, 0.3) is 0 Å². The molecule has 0 radical (unpaired) electrons. The molecule has 0 aliphatic carbocycles. The van der Waals surface area contributed by atoms with Crippen molar-refractivity contribution >= 4 is 18.0 Å². The molecule has 2 atom stereocenters. The number of hydrogen-bond donors (Lipinski definition) is 2. The molecule has 0 bridgehead atoms. The molecule has 0 aromatic rings. The average molecular weight is 286 g/mol. The zero-order valence-electron chi connectivity index (χ0n) is 11.9. The number of nitrogens with one attached hydrogen (secondary N) is 1. The summed E-state index contributed by atoms with van der Waals surface area (Å²) in [6.45, 7) is 2.67. The minimum Gasteiger partial charge on any atom is -0.480 e. The second kappa shape index (κ2) is 7.72. The number of hydrogen-bond acceptors (Lipinski definition) is 4. The fraction of sp³-hybridized carbons (Fsp3) is 0.769. The van der Waals surface area contributed by atoms with Gasteiger partial charge in [0.1, 0.15) is 6.04 Å². The smallest absolute Gasteiger partial charge is 0.326 e. The maximum atomic E-state index is 12.0. The molecule has 0 saturated carbocycles. The maximum Gasteiger partial charge on any atom is 0.326 e. The molecular formula is C13H22N2O5. The highest BCUT2D eigenvalue weighted by Gasteiger charge is 2.33. The minimum absolute atomic E-state index is 0.276. The van der Waals surface area contributed by atoms with Gasteiger partial charge in [-0.2, -0.15) is 0 Å². The molecule has 1 rings (SSSR count). The fourth-order valence-corrected chi connectivity index (χ4v) is 2.21. The molecule has 0 aromatic carbocycles. The van der Waals surface area contributed by atoms with Gasteiger partial charge < -0.3 is 20.1 Å². The molecule has 1 aliphatic rings. The number of rotatable bonds is 6. The lowest BCUT2D eigenvalue weighted by atomic mass is 10.1. The number of likely N-dealkylation sites (tertiary alicyclic amines) is 1. The third-order valence-corrected chi connectivity index (χ3v) is 3.45. The number of esters is 1. The van der Waals surface area contributed by atoms with E-state index in [1.54, 1.807) is 0 Å². The Labute approximate surface area is 118 Å². The fourth-order valence-electron chi connectivity index (χ4n) is 2.21. The van der Waals surface area contributed by atoms with Crippen molar-refractivity contribution in [1.29, 1.82) is 0 Å². The predicted octanol–water partition coefficient (Wildman–Crippen LogP) is 0.834. The van der Waals surface area contributed by atoms with E-state index in [9.17, 15) is 14.4 Å². The molecule has 0 spiro atoms. The summed E-state index contributed by atoms with van der Waals surface area (Å²) in [5, 5.41) is 11.6. The third kappa shape index (κ3) is 4.40. The quantitative estimate of drug-likeness (QED) is 0.705. The Balaban J connectivity index is 2.49. The highest BCUT2D eigenvalue weighted by molar-refractivity contribution is 5.83. The Bertz CT molecular complexity index is 372. The predicted molar refractivity (Wildman–Crippen MR) is 71.2 cm³/mol. The van der Waals surface area contributed by atoms with Crippen LogP contribution in [-0.4, -0.2) is 54.2 Å². The second-order valence-corrected chi connectivity index (χ2v) is 4.94. The lowest BCUT2D eigenvalue weighted by Gasteiger charge is -2.20. The second-order valence-electron chi connectivity index (χ2n) is 4.94. The molecule has 2 amide bonds. The van der Waals surface area contributed by atoms with E-state index >= 15 is 0 Å². The number of unbranched alkanes of at least 4 members (excludes halogenated alkanes) is 1. The molecule has 20 heavy (non-hydrogen) atoms. The van der Waals surface area contributed by atoms with Gasteiger partial charge >= 0.3 is 18.0 Å². The van der Waals surface area contributed by atoms with Gasteiger partial charge in [0.05, 0.1) is 13.0 Å². The van der Waals surface area contributed by atoms with Gasteiger partial charge in [-0.05, 0) is 12.8 Å². The van der Waals surface area contributed by atoms with Crippen LogP contribution in [0.3, 0.4) is 0 Å². The molecule has 0 aromatic heterocycles. The van der Waals surface area contributed by atoms with Crippen molar-refractivity contribution in [1.82, 2.24) is 10.2 Å². The topological polar surface area (TPSA) is 95.9 Å². The number of methoxy groups -OCH3 is 1. The monoisotopic (exact) mass is 286 g/mol. The van der Waals surface area contributed by atoms with E-state index in [-0.39, 0.29) is 18.4 Å². The number of aliphatic carboxylic acids is 1. The summed E-state index contributed by atoms with van der Waals surface area (Å²) in [4.78, 5) is 35.9. The van der Waals surface area contributed by atoms with E-state index in [1.807, 2.05) is 6.92 Å². The lowest BCUT2D eigenvalue weighted by Crippen LogP contribution is -2.47. The lowest BCUT2D eigenvalue weighted by molar-refractivity contribution is -0.145. The molecule has 1 aliphatic heterocycles. The van der Waals surface area contributed by atoms with Gasteiger partial charge in [0.15, 0.2) is 0 Å². The summed E-state index contributed by atoms with van der Waals surface area (Å²) in [6.07, 6.45) is 2.56. The van der Waals surface area contributed by atoms with Gasteiger partial charge in [0.25, 0.3) is 0 Å². The van der Waals surface area contributed by atoms with Crippen LogP contribution in [-0.2, 0) is 14.3 Å². The zero-order valence-corrected chi connectivity index (χ0v) is 11.9. The van der Waals surface area contributed by atoms with Gasteiger partial charge in [-0.1, -0.05) is 19.8 Å². The molecule has 1 heterocycles. The van der Waals surface area contributed by atoms with E-state index in [0.29, 0.717) is 19.4 Å². The number of carbonyl (C=O) groups excluding carboxylic acids is 2. The molecule has 2 N–H and O–H groups in total. The van der Waals surface area contributed by atoms with Crippen molar-refractivity contribution in [3.8, 4) is 0 Å². The van der Waals surface area contributed by atoms with Gasteiger partial charge in [-0.15, -0.1) is 0 Å². The first-order valence-electron chi connectivity index (χ1n) is 6.85. The summed E-state index contributed by atoms with van der Waals surface area (Å²) in [7, 11) is 1.32. The van der Waals surface area contributed by atoms with Crippen molar-refractivity contribution in [2.45, 2.75) is 38.6 Å². The Kier molecular flexibility index (Phi) is 6.27. The number of ether oxygens (including phenoxy) is 1. The standard InChI is InChI=1S/C13H22N2O5/c1-3-4-5-10(11(16)17)14-13(19)15-7-6-9(8-15)12(18)20-2/h9-10H,3-8H2,1-2H3,(H,14,19)(H,16,17). The van der Waals surface area contributed by atoms with E-state index < -0.39 is 18.0 Å². The third-order valence-electron chi connectivity index (χ3n) is 3.45. The summed E-state index contributed by atoms with van der Waals surface area (Å²) in [5.41, 5.74) is 0. The van der Waals surface area contributed by atoms with Gasteiger partial charge in [-0.3, -0.25) is 4.79 Å². The van der Waals surface area contributed by atoms with Crippen LogP contribution in [0.15, 0.2) is 0 Å². The normalized spacial score (nSPS) is 19.5. The Morgan fingerprint density at radius 3 is 2.70 bits per heavy atom. The van der Waals surface area contributed by atoms with Crippen LogP contribution in [0.2, 0.25) is 0 Å². The molecule has 114 valence electrons. The maximum absolute atomic E-state index is 12.0. The average Bonchev–Trinajstić information content (AvgIpc) is 2.91. The van der Waals surface area contributed by atoms with Crippen molar-refractivity contribution < 1.29 is 24.2 Å². The van der Waals surface area contributed by atoms with Crippen LogP contribution < -0.4 is 5.32 Å². The highest BCUT2D eigenvalue weighted by atomic mass is 16.5. The van der Waals surface area contributed by atoms with E-state index in [2.05, 4.69) is 10.1 Å². The van der Waals surface area contributed by atoms with Crippen molar-refractivity contribution in [3.05, 3.63) is 0 Å². The molecule has 1 saturated heterocycles. The zero-order chi connectivity index (χ0) is 15.1. The van der Waals surface area contributed by atoms with E-state index in [4.69, 9.17) is 5.11 Å². The summed E-state index contributed by atoms with van der Waals surface area (Å²) in [6, 6.07) is -1.31. The number of carboxylic acid groups (broad SMARTS) is 1. The van der Waals surface area contributed by atoms with E-state index in [1.165, 1.54) is 12.0 Å². The largest absolute Gasteiger partial charge is 0.480 e. The molecule has 1 fully saturated rings. The SMILES string of the molecule is CCCCC(NC(=O)N1CCC(C(=O)OC)C1)C(=O)O. The van der Waals surface area contributed by atoms with Gasteiger partial charge in [0.2, 0.25) is 0 Å². The van der Waals surface area contributed by atoms with E-state index in [0.717, 1.165) is 12.8 Å². The number of amides is 2. The molecular weight excluding hydrogens is 264 g/mol. The number of nitrogens with zero attached hydrogens (tertiary/aromatic N) is 1. The van der Waals surface area contributed by atoms with Crippen LogP contribution in [0, 0.1) is 5.92 Å². The van der Waals surface area contributed by atoms with Crippen LogP contribution in [0.5, 0.6) is 0 Å². The summed E-state index contributed by atoms with van der Waals surface area (Å²) in [5.74, 6) is -1.68. The van der Waals surface area contributed by atoms with Crippen molar-refractivity contribution in [2.75, 3.05) is 20.2 Å².